The molecule has 1 fully saturated rings. The Morgan fingerprint density at radius 3 is 2.85 bits per heavy atom. The molecule has 2 N–H and O–H groups in total. The molecular weight excluding hydrogens is 444 g/mol. The van der Waals surface area contributed by atoms with Gasteiger partial charge in [-0.3, -0.25) is 14.0 Å². The number of hydrogen-bond acceptors (Lipinski definition) is 6. The zero-order valence-electron chi connectivity index (χ0n) is 18.2. The number of pyridine rings is 2. The summed E-state index contributed by atoms with van der Waals surface area (Å²) >= 11 is 0. The first-order chi connectivity index (χ1) is 16.5. The summed E-state index contributed by atoms with van der Waals surface area (Å²) in [6.45, 7) is 1.09. The maximum Gasteiger partial charge on any atom is 0.266 e. The smallest absolute Gasteiger partial charge is 0.266 e. The van der Waals surface area contributed by atoms with Gasteiger partial charge in [-0.05, 0) is 18.6 Å². The Morgan fingerprint density at radius 1 is 1.18 bits per heavy atom. The van der Waals surface area contributed by atoms with Crippen LogP contribution in [0.1, 0.15) is 12.0 Å². The van der Waals surface area contributed by atoms with Gasteiger partial charge < -0.3 is 15.2 Å². The first-order valence-electron chi connectivity index (χ1n) is 11.0. The second-order valence-electron chi connectivity index (χ2n) is 8.26. The molecule has 0 saturated carbocycles. The molecule has 4 heterocycles. The largest absolute Gasteiger partial charge is 0.396 e. The molecule has 8 nitrogen and oxygen atoms in total. The van der Waals surface area contributed by atoms with Crippen molar-refractivity contribution in [3.05, 3.63) is 82.5 Å². The highest BCUT2D eigenvalue weighted by Crippen LogP contribution is 2.22. The van der Waals surface area contributed by atoms with Gasteiger partial charge in [0, 0.05) is 36.4 Å². The van der Waals surface area contributed by atoms with Gasteiger partial charge in [0.05, 0.1) is 48.7 Å². The lowest BCUT2D eigenvalue weighted by atomic mass is 9.96. The van der Waals surface area contributed by atoms with Gasteiger partial charge in [-0.25, -0.2) is 13.8 Å². The van der Waals surface area contributed by atoms with Crippen molar-refractivity contribution < 1.29 is 18.6 Å². The van der Waals surface area contributed by atoms with Crippen molar-refractivity contribution in [3.63, 3.8) is 0 Å². The van der Waals surface area contributed by atoms with Gasteiger partial charge in [0.1, 0.15) is 11.6 Å². The number of ether oxygens (including phenoxy) is 1. The third-order valence-electron chi connectivity index (χ3n) is 6.13. The Balaban J connectivity index is 1.47. The fourth-order valence-electron chi connectivity index (χ4n) is 4.23. The highest BCUT2D eigenvalue weighted by Gasteiger charge is 2.25. The van der Waals surface area contributed by atoms with Crippen molar-refractivity contribution in [1.29, 1.82) is 0 Å². The fourth-order valence-corrected chi connectivity index (χ4v) is 4.23. The molecule has 0 aliphatic carbocycles. The lowest BCUT2D eigenvalue weighted by Crippen LogP contribution is -2.39. The summed E-state index contributed by atoms with van der Waals surface area (Å²) in [5.41, 5.74) is 0.554. The highest BCUT2D eigenvalue weighted by atomic mass is 19.1. The SMILES string of the molecule is O=c1c2cnn(Cc3ccccc3F)c2ccn1-c1cc(NC2CCOCC2CO)ncc1F. The van der Waals surface area contributed by atoms with Crippen molar-refractivity contribution in [1.82, 2.24) is 19.3 Å². The molecule has 2 atom stereocenters. The van der Waals surface area contributed by atoms with E-state index in [-0.39, 0.29) is 42.0 Å². The van der Waals surface area contributed by atoms with E-state index in [2.05, 4.69) is 15.4 Å². The number of nitrogens with one attached hydrogen (secondary N) is 1. The van der Waals surface area contributed by atoms with Crippen LogP contribution in [0.3, 0.4) is 0 Å². The Hall–Kier alpha value is -3.63. The van der Waals surface area contributed by atoms with Crippen LogP contribution in [-0.4, -0.2) is 50.3 Å². The van der Waals surface area contributed by atoms with Crippen LogP contribution in [0.15, 0.2) is 59.8 Å². The second kappa shape index (κ2) is 9.32. The summed E-state index contributed by atoms with van der Waals surface area (Å²) in [7, 11) is 0. The van der Waals surface area contributed by atoms with Crippen molar-refractivity contribution >= 4 is 16.7 Å². The fraction of sp³-hybridized carbons (Fsp3) is 0.292. The van der Waals surface area contributed by atoms with Crippen LogP contribution in [0, 0.1) is 17.6 Å². The minimum Gasteiger partial charge on any atom is -0.396 e. The molecule has 0 spiro atoms. The number of nitrogens with zero attached hydrogens (tertiary/aromatic N) is 4. The first-order valence-corrected chi connectivity index (χ1v) is 11.0. The van der Waals surface area contributed by atoms with Gasteiger partial charge in [0.25, 0.3) is 5.56 Å². The summed E-state index contributed by atoms with van der Waals surface area (Å²) in [5, 5.41) is 17.3. The molecule has 3 aromatic heterocycles. The van der Waals surface area contributed by atoms with Gasteiger partial charge in [-0.2, -0.15) is 5.10 Å². The van der Waals surface area contributed by atoms with E-state index >= 15 is 0 Å². The minimum absolute atomic E-state index is 0.0406. The van der Waals surface area contributed by atoms with Crippen molar-refractivity contribution in [2.45, 2.75) is 19.0 Å². The molecule has 5 rings (SSSR count). The van der Waals surface area contributed by atoms with E-state index in [9.17, 15) is 18.7 Å². The van der Waals surface area contributed by atoms with Crippen LogP contribution in [-0.2, 0) is 11.3 Å². The Bertz CT molecular complexity index is 1390. The predicted octanol–water partition coefficient (Wildman–Crippen LogP) is 2.72. The summed E-state index contributed by atoms with van der Waals surface area (Å²) in [6, 6.07) is 9.41. The summed E-state index contributed by atoms with van der Waals surface area (Å²) in [5.74, 6) is -0.727. The second-order valence-corrected chi connectivity index (χ2v) is 8.26. The molecule has 10 heteroatoms. The van der Waals surface area contributed by atoms with Crippen LogP contribution in [0.2, 0.25) is 0 Å². The van der Waals surface area contributed by atoms with E-state index in [0.29, 0.717) is 36.5 Å². The van der Waals surface area contributed by atoms with Gasteiger partial charge in [0.2, 0.25) is 0 Å². The standard InChI is InChI=1S/C24H23F2N5O3/c25-18-4-2-1-3-15(18)12-31-21-5-7-30(24(33)17(21)10-28-31)22-9-23(27-11-19(22)26)29-20-6-8-34-14-16(20)13-32/h1-5,7,9-11,16,20,32H,6,8,12-14H2,(H,27,29). The molecule has 176 valence electrons. The third kappa shape index (κ3) is 4.17. The zero-order chi connectivity index (χ0) is 23.7. The van der Waals surface area contributed by atoms with E-state index < -0.39 is 11.4 Å². The lowest BCUT2D eigenvalue weighted by molar-refractivity contribution is 0.0225. The number of rotatable bonds is 6. The number of halogens is 2. The Kier molecular flexibility index (Phi) is 6.08. The summed E-state index contributed by atoms with van der Waals surface area (Å²) < 4.78 is 36.9. The van der Waals surface area contributed by atoms with Crippen molar-refractivity contribution in [3.8, 4) is 5.69 Å². The van der Waals surface area contributed by atoms with Crippen molar-refractivity contribution in [2.24, 2.45) is 5.92 Å². The van der Waals surface area contributed by atoms with E-state index in [1.54, 1.807) is 24.3 Å². The average molecular weight is 467 g/mol. The predicted molar refractivity (Wildman–Crippen MR) is 122 cm³/mol. The molecule has 34 heavy (non-hydrogen) atoms. The number of aliphatic hydroxyl groups is 1. The third-order valence-corrected chi connectivity index (χ3v) is 6.13. The lowest BCUT2D eigenvalue weighted by Gasteiger charge is -2.31. The van der Waals surface area contributed by atoms with E-state index in [0.717, 1.165) is 6.20 Å². The van der Waals surface area contributed by atoms with Crippen LogP contribution in [0.4, 0.5) is 14.6 Å². The van der Waals surface area contributed by atoms with Crippen LogP contribution in [0.5, 0.6) is 0 Å². The molecule has 4 aromatic rings. The number of anilines is 1. The highest BCUT2D eigenvalue weighted by molar-refractivity contribution is 5.78. The molecular formula is C24H23F2N5O3. The number of aliphatic hydroxyl groups excluding tert-OH is 1. The maximum absolute atomic E-state index is 14.7. The Labute approximate surface area is 193 Å². The first kappa shape index (κ1) is 22.2. The zero-order valence-corrected chi connectivity index (χ0v) is 18.2. The molecule has 1 aliphatic rings. The number of benzene rings is 1. The molecule has 0 bridgehead atoms. The molecule has 0 radical (unpaired) electrons. The molecule has 2 unspecified atom stereocenters. The summed E-state index contributed by atoms with van der Waals surface area (Å²) in [6.07, 6.45) is 4.61. The Morgan fingerprint density at radius 2 is 2.03 bits per heavy atom. The maximum atomic E-state index is 14.7. The van der Waals surface area contributed by atoms with E-state index in [1.807, 2.05) is 0 Å². The molecule has 1 aliphatic heterocycles. The normalized spacial score (nSPS) is 18.3. The number of aromatic nitrogens is 4. The van der Waals surface area contributed by atoms with Gasteiger partial charge in [-0.15, -0.1) is 0 Å². The van der Waals surface area contributed by atoms with Gasteiger partial charge in [-0.1, -0.05) is 18.2 Å². The van der Waals surface area contributed by atoms with Crippen molar-refractivity contribution in [2.75, 3.05) is 25.1 Å². The average Bonchev–Trinajstić information content (AvgIpc) is 3.26. The van der Waals surface area contributed by atoms with Gasteiger partial charge in [0.15, 0.2) is 5.82 Å². The minimum atomic E-state index is -0.656. The quantitative estimate of drug-likeness (QED) is 0.453. The van der Waals surface area contributed by atoms with Crippen LogP contribution in [0.25, 0.3) is 16.6 Å². The number of hydrogen-bond donors (Lipinski definition) is 2. The van der Waals surface area contributed by atoms with Crippen LogP contribution >= 0.6 is 0 Å². The van der Waals surface area contributed by atoms with E-state index in [1.165, 1.54) is 33.8 Å². The summed E-state index contributed by atoms with van der Waals surface area (Å²) in [4.78, 5) is 17.3. The molecule has 1 saturated heterocycles. The van der Waals surface area contributed by atoms with Crippen LogP contribution < -0.4 is 10.9 Å². The number of fused-ring (bicyclic) bond motifs is 1. The molecule has 1 aromatic carbocycles. The molecule has 0 amide bonds. The van der Waals surface area contributed by atoms with E-state index in [4.69, 9.17) is 4.74 Å². The van der Waals surface area contributed by atoms with Gasteiger partial charge >= 0.3 is 0 Å². The monoisotopic (exact) mass is 467 g/mol. The topological polar surface area (TPSA) is 94.2 Å².